The molecule has 2 radical (unpaired) electrons. The zero-order chi connectivity index (χ0) is 16.9. The number of carbonyl (C=O) groups is 1. The summed E-state index contributed by atoms with van der Waals surface area (Å²) in [5.41, 5.74) is 6.24. The van der Waals surface area contributed by atoms with Crippen LogP contribution in [0.1, 0.15) is 37.7 Å². The van der Waals surface area contributed by atoms with Gasteiger partial charge in [-0.05, 0) is 42.9 Å². The third-order valence-electron chi connectivity index (χ3n) is 4.82. The first-order valence-corrected chi connectivity index (χ1v) is 8.53. The molecule has 0 aliphatic heterocycles. The van der Waals surface area contributed by atoms with Crippen LogP contribution in [-0.4, -0.2) is 30.5 Å². The molecule has 0 aromatic heterocycles. The van der Waals surface area contributed by atoms with Gasteiger partial charge in [0, 0.05) is 17.6 Å². The summed E-state index contributed by atoms with van der Waals surface area (Å²) in [5, 5.41) is 13.7. The molecule has 0 heterocycles. The van der Waals surface area contributed by atoms with Gasteiger partial charge in [0.05, 0.1) is 7.85 Å². The van der Waals surface area contributed by atoms with Crippen LogP contribution in [0, 0.1) is 5.92 Å². The van der Waals surface area contributed by atoms with E-state index in [9.17, 15) is 9.90 Å². The summed E-state index contributed by atoms with van der Waals surface area (Å²) in [6.07, 6.45) is 4.26. The number of aliphatic carboxylic acids is 1. The molecule has 0 amide bonds. The highest BCUT2D eigenvalue weighted by Crippen LogP contribution is 2.38. The average molecular weight is 335 g/mol. The topological polar surface area (TPSA) is 75.4 Å². The van der Waals surface area contributed by atoms with Crippen LogP contribution in [0.2, 0.25) is 11.3 Å². The zero-order valence-corrected chi connectivity index (χ0v) is 14.1. The molecule has 23 heavy (non-hydrogen) atoms. The third-order valence-corrected chi connectivity index (χ3v) is 5.07. The van der Waals surface area contributed by atoms with E-state index in [1.165, 1.54) is 0 Å². The number of rotatable bonds is 9. The average Bonchev–Trinajstić information content (AvgIpc) is 2.47. The standard InChI is InChI=1S/C17H24BClN2O2/c18-8-2-1-7-17(20,16(22)23)13-9-15(10-13)21-11-12-3-5-14(19)6-4-12/h3-6,13,15,21H,1-2,7-11,20H2,(H,22,23). The van der Waals surface area contributed by atoms with Gasteiger partial charge < -0.3 is 16.2 Å². The Morgan fingerprint density at radius 3 is 2.57 bits per heavy atom. The van der Waals surface area contributed by atoms with Crippen LogP contribution in [0.4, 0.5) is 0 Å². The number of carboxylic acids is 1. The predicted molar refractivity (Wildman–Crippen MR) is 93.8 cm³/mol. The molecule has 0 spiro atoms. The maximum atomic E-state index is 11.6. The minimum absolute atomic E-state index is 0.0282. The molecule has 1 aliphatic carbocycles. The summed E-state index contributed by atoms with van der Waals surface area (Å²) in [5.74, 6) is -0.865. The molecular formula is C17H24BClN2O2. The van der Waals surface area contributed by atoms with Crippen LogP contribution in [0.5, 0.6) is 0 Å². The first-order chi connectivity index (χ1) is 11.0. The molecule has 1 aliphatic rings. The van der Waals surface area contributed by atoms with Crippen molar-refractivity contribution in [2.75, 3.05) is 0 Å². The van der Waals surface area contributed by atoms with Crippen LogP contribution in [0.3, 0.4) is 0 Å². The lowest BCUT2D eigenvalue weighted by atomic mass is 9.66. The zero-order valence-electron chi connectivity index (χ0n) is 13.3. The van der Waals surface area contributed by atoms with Crippen molar-refractivity contribution in [1.82, 2.24) is 5.32 Å². The van der Waals surface area contributed by atoms with Gasteiger partial charge in [-0.2, -0.15) is 0 Å². The van der Waals surface area contributed by atoms with Crippen LogP contribution in [0.15, 0.2) is 24.3 Å². The molecule has 1 fully saturated rings. The number of hydrogen-bond acceptors (Lipinski definition) is 3. The summed E-state index contributed by atoms with van der Waals surface area (Å²) in [7, 11) is 5.48. The number of carboxylic acid groups (broad SMARTS) is 1. The van der Waals surface area contributed by atoms with Crippen molar-refractivity contribution in [3.8, 4) is 0 Å². The van der Waals surface area contributed by atoms with E-state index in [-0.39, 0.29) is 5.92 Å². The quantitative estimate of drug-likeness (QED) is 0.479. The molecule has 2 rings (SSSR count). The minimum atomic E-state index is -1.12. The Balaban J connectivity index is 1.79. The number of benzene rings is 1. The largest absolute Gasteiger partial charge is 0.480 e. The van der Waals surface area contributed by atoms with Crippen LogP contribution in [0.25, 0.3) is 0 Å². The Morgan fingerprint density at radius 1 is 1.35 bits per heavy atom. The van der Waals surface area contributed by atoms with E-state index in [1.54, 1.807) is 0 Å². The van der Waals surface area contributed by atoms with Gasteiger partial charge >= 0.3 is 5.97 Å². The molecule has 1 saturated carbocycles. The van der Waals surface area contributed by atoms with Gasteiger partial charge in [-0.15, -0.1) is 0 Å². The van der Waals surface area contributed by atoms with Gasteiger partial charge in [0.1, 0.15) is 5.54 Å². The van der Waals surface area contributed by atoms with Crippen molar-refractivity contribution >= 4 is 25.4 Å². The Kier molecular flexibility index (Phi) is 6.51. The molecule has 0 saturated heterocycles. The summed E-state index contributed by atoms with van der Waals surface area (Å²) >= 11 is 5.87. The molecule has 6 heteroatoms. The second-order valence-corrected chi connectivity index (χ2v) is 6.90. The first-order valence-electron chi connectivity index (χ1n) is 8.16. The monoisotopic (exact) mass is 334 g/mol. The van der Waals surface area contributed by atoms with E-state index in [4.69, 9.17) is 25.2 Å². The Morgan fingerprint density at radius 2 is 2.00 bits per heavy atom. The van der Waals surface area contributed by atoms with Gasteiger partial charge in [-0.25, -0.2) is 0 Å². The lowest BCUT2D eigenvalue weighted by Crippen LogP contribution is -2.60. The van der Waals surface area contributed by atoms with Crippen LogP contribution in [-0.2, 0) is 11.3 Å². The molecule has 1 aromatic rings. The van der Waals surface area contributed by atoms with E-state index in [0.29, 0.717) is 18.8 Å². The van der Waals surface area contributed by atoms with E-state index in [0.717, 1.165) is 42.8 Å². The summed E-state index contributed by atoms with van der Waals surface area (Å²) in [6, 6.07) is 8.04. The van der Waals surface area contributed by atoms with Crippen molar-refractivity contribution < 1.29 is 9.90 Å². The number of hydrogen-bond donors (Lipinski definition) is 3. The number of unbranched alkanes of at least 4 members (excludes halogenated alkanes) is 1. The lowest BCUT2D eigenvalue weighted by molar-refractivity contribution is -0.148. The van der Waals surface area contributed by atoms with Crippen molar-refractivity contribution in [2.45, 2.75) is 56.5 Å². The third kappa shape index (κ3) is 4.72. The Hall–Kier alpha value is -1.04. The van der Waals surface area contributed by atoms with E-state index >= 15 is 0 Å². The van der Waals surface area contributed by atoms with Gasteiger partial charge in [0.15, 0.2) is 0 Å². The summed E-state index contributed by atoms with van der Waals surface area (Å²) < 4.78 is 0. The fourth-order valence-corrected chi connectivity index (χ4v) is 3.24. The highest BCUT2D eigenvalue weighted by Gasteiger charge is 2.47. The van der Waals surface area contributed by atoms with E-state index < -0.39 is 11.5 Å². The van der Waals surface area contributed by atoms with Crippen molar-refractivity contribution in [3.05, 3.63) is 34.9 Å². The minimum Gasteiger partial charge on any atom is -0.480 e. The normalized spacial score (nSPS) is 23.0. The molecule has 1 aromatic carbocycles. The maximum absolute atomic E-state index is 11.6. The maximum Gasteiger partial charge on any atom is 0.323 e. The van der Waals surface area contributed by atoms with Crippen molar-refractivity contribution in [3.63, 3.8) is 0 Å². The van der Waals surface area contributed by atoms with Crippen LogP contribution >= 0.6 is 11.6 Å². The lowest BCUT2D eigenvalue weighted by Gasteiger charge is -2.45. The SMILES string of the molecule is [B]CCCCC(N)(C(=O)O)C1CC(NCc2ccc(Cl)cc2)C1. The highest BCUT2D eigenvalue weighted by atomic mass is 35.5. The fraction of sp³-hybridized carbons (Fsp3) is 0.588. The van der Waals surface area contributed by atoms with Gasteiger partial charge in [0.2, 0.25) is 0 Å². The number of halogens is 1. The second kappa shape index (κ2) is 8.18. The molecule has 4 nitrogen and oxygen atoms in total. The first kappa shape index (κ1) is 18.3. The summed E-state index contributed by atoms with van der Waals surface area (Å²) in [4.78, 5) is 11.6. The molecule has 1 unspecified atom stereocenters. The van der Waals surface area contributed by atoms with Gasteiger partial charge in [0.25, 0.3) is 0 Å². The number of nitrogens with one attached hydrogen (secondary N) is 1. The fourth-order valence-electron chi connectivity index (χ4n) is 3.12. The van der Waals surface area contributed by atoms with Crippen LogP contribution < -0.4 is 11.1 Å². The second-order valence-electron chi connectivity index (χ2n) is 6.46. The number of nitrogens with two attached hydrogens (primary N) is 1. The highest BCUT2D eigenvalue weighted by molar-refractivity contribution is 6.30. The van der Waals surface area contributed by atoms with E-state index in [1.807, 2.05) is 24.3 Å². The Labute approximate surface area is 144 Å². The Bertz CT molecular complexity index is 520. The molecule has 1 atom stereocenters. The molecule has 4 N–H and O–H groups in total. The van der Waals surface area contributed by atoms with Crippen molar-refractivity contribution in [2.24, 2.45) is 11.7 Å². The summed E-state index contributed by atoms with van der Waals surface area (Å²) in [6.45, 7) is 0.756. The molecule has 0 bridgehead atoms. The molecule has 124 valence electrons. The van der Waals surface area contributed by atoms with Gasteiger partial charge in [-0.1, -0.05) is 42.9 Å². The van der Waals surface area contributed by atoms with Gasteiger partial charge in [-0.3, -0.25) is 4.79 Å². The van der Waals surface area contributed by atoms with E-state index in [2.05, 4.69) is 5.32 Å². The van der Waals surface area contributed by atoms with Crippen molar-refractivity contribution in [1.29, 1.82) is 0 Å². The smallest absolute Gasteiger partial charge is 0.323 e. The molecular weight excluding hydrogens is 310 g/mol. The predicted octanol–water partition coefficient (Wildman–Crippen LogP) is 2.75.